The van der Waals surface area contributed by atoms with Crippen LogP contribution in [0.25, 0.3) is 0 Å². The van der Waals surface area contributed by atoms with Crippen molar-refractivity contribution in [3.8, 4) is 0 Å². The first-order valence-corrected chi connectivity index (χ1v) is 15.8. The number of halogens is 2. The SMILES string of the molecule is CC(C)(C)C(F)C(C)(C)C.CC(C)(C)C(O)C(C)(C)C.CC(C)(C)COC(C)(C)C.COC(F)(C(C)(C)C)C(C)(C)C. The lowest BCUT2D eigenvalue weighted by atomic mass is 9.72. The largest absolute Gasteiger partial charge is 0.392 e. The van der Waals surface area contributed by atoms with Gasteiger partial charge in [0.05, 0.1) is 18.3 Å². The van der Waals surface area contributed by atoms with E-state index in [0.717, 1.165) is 6.61 Å². The molecular formula is C37H80F2O3. The Morgan fingerprint density at radius 1 is 0.524 bits per heavy atom. The quantitative estimate of drug-likeness (QED) is 0.338. The molecule has 0 aliphatic rings. The molecule has 0 aliphatic carbocycles. The predicted octanol–water partition coefficient (Wildman–Crippen LogP) is 12.1. The van der Waals surface area contributed by atoms with Crippen molar-refractivity contribution in [2.75, 3.05) is 13.7 Å². The molecule has 0 saturated heterocycles. The minimum Gasteiger partial charge on any atom is -0.392 e. The first kappa shape index (κ1) is 48.6. The van der Waals surface area contributed by atoms with Crippen molar-refractivity contribution in [3.63, 3.8) is 0 Å². The molecule has 0 aromatic heterocycles. The minimum absolute atomic E-state index is 0.00174. The van der Waals surface area contributed by atoms with E-state index in [0.29, 0.717) is 0 Å². The monoisotopic (exact) mass is 611 g/mol. The summed E-state index contributed by atoms with van der Waals surface area (Å²) in [7, 11) is 1.43. The third-order valence-electron chi connectivity index (χ3n) is 6.31. The number of methoxy groups -OCH3 is 1. The summed E-state index contributed by atoms with van der Waals surface area (Å²) in [6, 6.07) is 0. The van der Waals surface area contributed by atoms with Crippen molar-refractivity contribution >= 4 is 0 Å². The zero-order valence-corrected chi connectivity index (χ0v) is 33.4. The van der Waals surface area contributed by atoms with Crippen LogP contribution in [0.5, 0.6) is 0 Å². The predicted molar refractivity (Wildman–Crippen MR) is 184 cm³/mol. The second-order valence-corrected chi connectivity index (χ2v) is 20.5. The van der Waals surface area contributed by atoms with Crippen LogP contribution in [-0.4, -0.2) is 42.6 Å². The molecule has 0 fully saturated rings. The number of hydrogen-bond donors (Lipinski definition) is 1. The lowest BCUT2D eigenvalue weighted by Gasteiger charge is -2.45. The molecule has 0 radical (unpaired) electrons. The Kier molecular flexibility index (Phi) is 18.9. The highest BCUT2D eigenvalue weighted by atomic mass is 19.2. The number of aliphatic hydroxyl groups is 1. The topological polar surface area (TPSA) is 38.7 Å². The van der Waals surface area contributed by atoms with Crippen LogP contribution in [0.2, 0.25) is 0 Å². The van der Waals surface area contributed by atoms with Crippen LogP contribution in [0.3, 0.4) is 0 Å². The van der Waals surface area contributed by atoms with Gasteiger partial charge in [0.1, 0.15) is 6.17 Å². The number of rotatable bonds is 2. The fourth-order valence-corrected chi connectivity index (χ4v) is 4.77. The van der Waals surface area contributed by atoms with Gasteiger partial charge in [0.25, 0.3) is 0 Å². The van der Waals surface area contributed by atoms with E-state index < -0.39 is 22.9 Å². The van der Waals surface area contributed by atoms with Crippen LogP contribution in [0.4, 0.5) is 8.78 Å². The molecule has 5 heteroatoms. The molecule has 0 rings (SSSR count). The Morgan fingerprint density at radius 2 is 0.786 bits per heavy atom. The third-order valence-corrected chi connectivity index (χ3v) is 6.31. The Bertz CT molecular complexity index is 616. The molecule has 0 aromatic carbocycles. The van der Waals surface area contributed by atoms with Crippen molar-refractivity contribution < 1.29 is 23.4 Å². The van der Waals surface area contributed by atoms with Gasteiger partial charge < -0.3 is 14.6 Å². The maximum absolute atomic E-state index is 14.3. The maximum Gasteiger partial charge on any atom is 0.218 e. The first-order chi connectivity index (χ1) is 17.6. The number of alkyl halides is 2. The Balaban J connectivity index is -0.000000230. The molecule has 0 amide bonds. The zero-order chi connectivity index (χ0) is 35.8. The Morgan fingerprint density at radius 3 is 0.810 bits per heavy atom. The second-order valence-electron chi connectivity index (χ2n) is 20.5. The van der Waals surface area contributed by atoms with E-state index in [2.05, 4.69) is 83.1 Å². The lowest BCUT2D eigenvalue weighted by molar-refractivity contribution is -0.251. The number of hydrogen-bond acceptors (Lipinski definition) is 3. The highest BCUT2D eigenvalue weighted by Crippen LogP contribution is 2.47. The molecule has 0 saturated carbocycles. The van der Waals surface area contributed by atoms with Gasteiger partial charge in [0, 0.05) is 17.9 Å². The molecule has 0 spiro atoms. The summed E-state index contributed by atoms with van der Waals surface area (Å²) in [6.45, 7) is 48.7. The Hall–Kier alpha value is -0.260. The molecule has 0 atom stereocenters. The van der Waals surface area contributed by atoms with Gasteiger partial charge in [0.2, 0.25) is 5.85 Å². The molecule has 0 bridgehead atoms. The number of ether oxygens (including phenoxy) is 2. The highest BCUT2D eigenvalue weighted by molar-refractivity contribution is 4.92. The second kappa shape index (κ2) is 16.3. The third kappa shape index (κ3) is 22.3. The fraction of sp³-hybridized carbons (Fsp3) is 1.00. The van der Waals surface area contributed by atoms with E-state index in [1.165, 1.54) is 7.11 Å². The summed E-state index contributed by atoms with van der Waals surface area (Å²) in [4.78, 5) is 0. The van der Waals surface area contributed by atoms with Crippen LogP contribution in [0, 0.1) is 37.9 Å². The average Bonchev–Trinajstić information content (AvgIpc) is 2.66. The van der Waals surface area contributed by atoms with Gasteiger partial charge in [0.15, 0.2) is 0 Å². The molecule has 0 aliphatic heterocycles. The van der Waals surface area contributed by atoms with Gasteiger partial charge >= 0.3 is 0 Å². The Labute approximate surface area is 264 Å². The normalized spacial score (nSPS) is 14.4. The van der Waals surface area contributed by atoms with Crippen molar-refractivity contribution in [2.45, 2.75) is 190 Å². The zero-order valence-electron chi connectivity index (χ0n) is 33.4. The van der Waals surface area contributed by atoms with Crippen LogP contribution < -0.4 is 0 Å². The van der Waals surface area contributed by atoms with Gasteiger partial charge in [-0.1, -0.05) is 145 Å². The van der Waals surface area contributed by atoms with Gasteiger partial charge in [-0.05, 0) is 47.8 Å². The summed E-state index contributed by atoms with van der Waals surface area (Å²) in [5.41, 5.74) is -1.16. The lowest BCUT2D eigenvalue weighted by Crippen LogP contribution is -2.50. The molecule has 260 valence electrons. The van der Waals surface area contributed by atoms with E-state index >= 15 is 0 Å². The van der Waals surface area contributed by atoms with E-state index in [1.807, 2.05) is 83.1 Å². The van der Waals surface area contributed by atoms with Crippen LogP contribution in [0.1, 0.15) is 166 Å². The van der Waals surface area contributed by atoms with Crippen molar-refractivity contribution in [1.29, 1.82) is 0 Å². The van der Waals surface area contributed by atoms with Gasteiger partial charge in [-0.3, -0.25) is 0 Å². The summed E-state index contributed by atoms with van der Waals surface area (Å²) in [5, 5.41) is 9.72. The molecular weight excluding hydrogens is 530 g/mol. The summed E-state index contributed by atoms with van der Waals surface area (Å²) in [5.74, 6) is -1.58. The molecule has 3 nitrogen and oxygen atoms in total. The molecule has 0 aromatic rings. The van der Waals surface area contributed by atoms with Crippen LogP contribution in [0.15, 0.2) is 0 Å². The van der Waals surface area contributed by atoms with E-state index in [1.54, 1.807) is 0 Å². The molecule has 0 unspecified atom stereocenters. The maximum atomic E-state index is 14.3. The standard InChI is InChI=1S/C10H21FO.C9H19F.2C9H20O/c1-8(2,3)10(11,12-7)9(4,5)6;1-8(2,3)7(10)9(4,5)6;1-8(2,3)7-10-9(4,5)6;1-8(2,3)7(10)9(4,5)6/h1-7H3;7H,1-6H3;7H2,1-6H3;7,10H,1-6H3. The average molecular weight is 611 g/mol. The van der Waals surface area contributed by atoms with Crippen LogP contribution >= 0.6 is 0 Å². The summed E-state index contributed by atoms with van der Waals surface area (Å²) >= 11 is 0. The molecule has 0 heterocycles. The molecule has 42 heavy (non-hydrogen) atoms. The van der Waals surface area contributed by atoms with Crippen molar-refractivity contribution in [1.82, 2.24) is 0 Å². The molecule has 1 N–H and O–H groups in total. The smallest absolute Gasteiger partial charge is 0.218 e. The highest BCUT2D eigenvalue weighted by Gasteiger charge is 2.52. The van der Waals surface area contributed by atoms with Gasteiger partial charge in [-0.15, -0.1) is 0 Å². The van der Waals surface area contributed by atoms with Gasteiger partial charge in [-0.2, -0.15) is 0 Å². The first-order valence-electron chi connectivity index (χ1n) is 15.8. The fourth-order valence-electron chi connectivity index (χ4n) is 4.77. The van der Waals surface area contributed by atoms with E-state index in [4.69, 9.17) is 9.47 Å². The van der Waals surface area contributed by atoms with Gasteiger partial charge in [-0.25, -0.2) is 8.78 Å². The number of aliphatic hydroxyl groups excluding tert-OH is 1. The van der Waals surface area contributed by atoms with E-state index in [9.17, 15) is 13.9 Å². The van der Waals surface area contributed by atoms with E-state index in [-0.39, 0.29) is 38.8 Å². The van der Waals surface area contributed by atoms with Crippen molar-refractivity contribution in [2.24, 2.45) is 37.9 Å². The summed E-state index contributed by atoms with van der Waals surface area (Å²) < 4.78 is 38.3. The van der Waals surface area contributed by atoms with Crippen LogP contribution in [-0.2, 0) is 9.47 Å². The minimum atomic E-state index is -1.58. The van der Waals surface area contributed by atoms with Crippen molar-refractivity contribution in [3.05, 3.63) is 0 Å². The summed E-state index contributed by atoms with van der Waals surface area (Å²) in [6.07, 6.45) is -0.972.